The van der Waals surface area contributed by atoms with Crippen molar-refractivity contribution in [2.24, 2.45) is 5.41 Å². The van der Waals surface area contributed by atoms with Gasteiger partial charge in [0.2, 0.25) is 0 Å². The molecule has 0 spiro atoms. The van der Waals surface area contributed by atoms with E-state index in [9.17, 15) is 9.59 Å². The number of ether oxygens (including phenoxy) is 2. The number of thioether (sulfide) groups is 1. The minimum atomic E-state index is -1.26. The Morgan fingerprint density at radius 3 is 2.23 bits per heavy atom. The summed E-state index contributed by atoms with van der Waals surface area (Å²) < 4.78 is 10.3. The van der Waals surface area contributed by atoms with Gasteiger partial charge < -0.3 is 9.47 Å². The average molecular weight is 320 g/mol. The summed E-state index contributed by atoms with van der Waals surface area (Å²) in [5.41, 5.74) is -0.0409. The van der Waals surface area contributed by atoms with Crippen molar-refractivity contribution in [1.82, 2.24) is 0 Å². The molecule has 1 aromatic rings. The van der Waals surface area contributed by atoms with Crippen LogP contribution in [0, 0.1) is 5.41 Å². The van der Waals surface area contributed by atoms with Gasteiger partial charge >= 0.3 is 11.9 Å². The van der Waals surface area contributed by atoms with Crippen LogP contribution in [0.5, 0.6) is 0 Å². The number of cyclic esters (lactones) is 2. The molecule has 0 amide bonds. The van der Waals surface area contributed by atoms with Crippen LogP contribution in [0.2, 0.25) is 0 Å². The molecule has 0 bridgehead atoms. The van der Waals surface area contributed by atoms with Crippen LogP contribution in [0.25, 0.3) is 0 Å². The van der Waals surface area contributed by atoms with E-state index < -0.39 is 23.1 Å². The normalized spacial score (nSPS) is 19.8. The van der Waals surface area contributed by atoms with E-state index in [0.717, 1.165) is 5.75 Å². The highest BCUT2D eigenvalue weighted by Gasteiger charge is 2.52. The molecule has 1 aliphatic rings. The van der Waals surface area contributed by atoms with Gasteiger partial charge in [0, 0.05) is 19.6 Å². The lowest BCUT2D eigenvalue weighted by molar-refractivity contribution is -0.249. The number of carbonyl (C=O) groups excluding carboxylic acids is 2. The van der Waals surface area contributed by atoms with Gasteiger partial charge in [-0.05, 0) is 24.3 Å². The number of esters is 2. The number of rotatable bonds is 5. The van der Waals surface area contributed by atoms with E-state index in [2.05, 4.69) is 12.1 Å². The van der Waals surface area contributed by atoms with Gasteiger partial charge in [0.1, 0.15) is 0 Å². The minimum absolute atomic E-state index is 0.266. The number of allylic oxidation sites excluding steroid dienone is 1. The number of benzene rings is 1. The van der Waals surface area contributed by atoms with Crippen molar-refractivity contribution in [3.05, 3.63) is 47.4 Å². The smallest absolute Gasteiger partial charge is 0.326 e. The molecule has 0 atom stereocenters. The van der Waals surface area contributed by atoms with Gasteiger partial charge in [0.15, 0.2) is 5.41 Å². The fourth-order valence-electron chi connectivity index (χ4n) is 2.01. The first-order valence-corrected chi connectivity index (χ1v) is 8.16. The van der Waals surface area contributed by atoms with Crippen molar-refractivity contribution in [2.45, 2.75) is 38.7 Å². The van der Waals surface area contributed by atoms with Crippen molar-refractivity contribution in [2.75, 3.05) is 0 Å². The third-order valence-electron chi connectivity index (χ3n) is 3.39. The molecule has 1 aliphatic heterocycles. The Balaban J connectivity index is 1.88. The Morgan fingerprint density at radius 1 is 1.05 bits per heavy atom. The monoisotopic (exact) mass is 320 g/mol. The van der Waals surface area contributed by atoms with Crippen LogP contribution in [0.15, 0.2) is 41.8 Å². The van der Waals surface area contributed by atoms with Gasteiger partial charge in [-0.2, -0.15) is 0 Å². The van der Waals surface area contributed by atoms with Crippen LogP contribution in [-0.4, -0.2) is 17.7 Å². The Bertz CT molecular complexity index is 558. The third kappa shape index (κ3) is 3.91. The Kier molecular flexibility index (Phi) is 4.96. The van der Waals surface area contributed by atoms with Crippen LogP contribution < -0.4 is 0 Å². The first-order valence-electron chi connectivity index (χ1n) is 7.11. The zero-order valence-corrected chi connectivity index (χ0v) is 13.8. The lowest BCUT2D eigenvalue weighted by Gasteiger charge is -2.37. The van der Waals surface area contributed by atoms with E-state index >= 15 is 0 Å². The second-order valence-corrected chi connectivity index (χ2v) is 6.78. The number of carbonyl (C=O) groups is 2. The van der Waals surface area contributed by atoms with Gasteiger partial charge in [0.05, 0.1) is 0 Å². The fraction of sp³-hybridized carbons (Fsp3) is 0.412. The van der Waals surface area contributed by atoms with Gasteiger partial charge in [-0.1, -0.05) is 36.4 Å². The molecule has 2 rings (SSSR count). The standard InChI is InChI=1S/C17H20O4S/c1-16(2)20-14(18)17(3,15(19)21-16)10-7-11-22-12-13-8-5-4-6-9-13/h4-9,11H,10,12H2,1-3H3/b11-7+. The molecule has 0 saturated carbocycles. The molecule has 118 valence electrons. The quantitative estimate of drug-likeness (QED) is 0.612. The summed E-state index contributed by atoms with van der Waals surface area (Å²) in [7, 11) is 0. The molecule has 4 nitrogen and oxygen atoms in total. The summed E-state index contributed by atoms with van der Waals surface area (Å²) >= 11 is 1.61. The summed E-state index contributed by atoms with van der Waals surface area (Å²) in [6.07, 6.45) is 2.08. The van der Waals surface area contributed by atoms with Crippen molar-refractivity contribution in [1.29, 1.82) is 0 Å². The lowest BCUT2D eigenvalue weighted by atomic mass is 9.86. The lowest BCUT2D eigenvalue weighted by Crippen LogP contribution is -2.52. The number of hydrogen-bond donors (Lipinski definition) is 0. The average Bonchev–Trinajstić information content (AvgIpc) is 2.45. The van der Waals surface area contributed by atoms with E-state index in [1.165, 1.54) is 5.56 Å². The van der Waals surface area contributed by atoms with E-state index in [1.807, 2.05) is 29.7 Å². The van der Waals surface area contributed by atoms with Crippen molar-refractivity contribution in [3.63, 3.8) is 0 Å². The molecule has 1 aromatic carbocycles. The molecule has 0 radical (unpaired) electrons. The van der Waals surface area contributed by atoms with Crippen LogP contribution in [0.4, 0.5) is 0 Å². The van der Waals surface area contributed by atoms with Crippen LogP contribution in [0.1, 0.15) is 32.8 Å². The van der Waals surface area contributed by atoms with Gasteiger partial charge in [-0.25, -0.2) is 0 Å². The van der Waals surface area contributed by atoms with Crippen LogP contribution in [0.3, 0.4) is 0 Å². The summed E-state index contributed by atoms with van der Waals surface area (Å²) in [4.78, 5) is 24.1. The highest BCUT2D eigenvalue weighted by atomic mass is 32.2. The molecular formula is C17H20O4S. The molecule has 1 saturated heterocycles. The second-order valence-electron chi connectivity index (χ2n) is 5.88. The van der Waals surface area contributed by atoms with E-state index in [4.69, 9.17) is 9.47 Å². The summed E-state index contributed by atoms with van der Waals surface area (Å²) in [6.45, 7) is 4.65. The molecule has 5 heteroatoms. The topological polar surface area (TPSA) is 52.6 Å². The molecule has 22 heavy (non-hydrogen) atoms. The molecule has 0 aliphatic carbocycles. The first-order chi connectivity index (χ1) is 10.3. The molecule has 1 fully saturated rings. The zero-order valence-electron chi connectivity index (χ0n) is 13.0. The largest absolute Gasteiger partial charge is 0.422 e. The number of hydrogen-bond acceptors (Lipinski definition) is 5. The molecule has 0 N–H and O–H groups in total. The van der Waals surface area contributed by atoms with E-state index in [1.54, 1.807) is 32.5 Å². The Morgan fingerprint density at radius 2 is 1.64 bits per heavy atom. The summed E-state index contributed by atoms with van der Waals surface area (Å²) in [5, 5.41) is 1.90. The highest BCUT2D eigenvalue weighted by molar-refractivity contribution is 8.01. The molecular weight excluding hydrogens is 300 g/mol. The zero-order chi connectivity index (χ0) is 16.2. The fourth-order valence-corrected chi connectivity index (χ4v) is 2.73. The maximum Gasteiger partial charge on any atom is 0.326 e. The predicted octanol–water partition coefficient (Wildman–Crippen LogP) is 3.67. The molecule has 1 heterocycles. The highest BCUT2D eigenvalue weighted by Crippen LogP contribution is 2.35. The SMILES string of the molecule is CC1(C)OC(=O)C(C)(C/C=C/SCc2ccccc2)C(=O)O1. The van der Waals surface area contributed by atoms with E-state index in [-0.39, 0.29) is 6.42 Å². The molecule has 0 aromatic heterocycles. The van der Waals surface area contributed by atoms with Crippen molar-refractivity contribution in [3.8, 4) is 0 Å². The molecule has 0 unspecified atom stereocenters. The first kappa shape index (κ1) is 16.6. The predicted molar refractivity (Wildman–Crippen MR) is 85.9 cm³/mol. The van der Waals surface area contributed by atoms with Gasteiger partial charge in [-0.15, -0.1) is 11.8 Å². The summed E-state index contributed by atoms with van der Waals surface area (Å²) in [5.74, 6) is -1.41. The Labute approximate surface area is 134 Å². The van der Waals surface area contributed by atoms with Gasteiger partial charge in [0.25, 0.3) is 5.79 Å². The second kappa shape index (κ2) is 6.57. The van der Waals surface area contributed by atoms with Crippen LogP contribution >= 0.6 is 11.8 Å². The minimum Gasteiger partial charge on any atom is -0.422 e. The third-order valence-corrected chi connectivity index (χ3v) is 4.27. The summed E-state index contributed by atoms with van der Waals surface area (Å²) in [6, 6.07) is 10.1. The van der Waals surface area contributed by atoms with E-state index in [0.29, 0.717) is 0 Å². The van der Waals surface area contributed by atoms with Crippen molar-refractivity contribution < 1.29 is 19.1 Å². The maximum absolute atomic E-state index is 12.1. The Hall–Kier alpha value is -1.75. The van der Waals surface area contributed by atoms with Gasteiger partial charge in [-0.3, -0.25) is 9.59 Å². The van der Waals surface area contributed by atoms with Crippen molar-refractivity contribution >= 4 is 23.7 Å². The maximum atomic E-state index is 12.1. The van der Waals surface area contributed by atoms with Crippen LogP contribution in [-0.2, 0) is 24.8 Å².